The third-order valence-electron chi connectivity index (χ3n) is 4.93. The zero-order chi connectivity index (χ0) is 18.8. The average molecular weight is 386 g/mol. The number of carbonyl (C=O) groups excluding carboxylic acids is 1. The van der Waals surface area contributed by atoms with Gasteiger partial charge in [0.15, 0.2) is 0 Å². The summed E-state index contributed by atoms with van der Waals surface area (Å²) in [6.45, 7) is 7.70. The van der Waals surface area contributed by atoms with Crippen LogP contribution in [0.1, 0.15) is 37.8 Å². The van der Waals surface area contributed by atoms with Gasteiger partial charge in [-0.05, 0) is 25.8 Å². The van der Waals surface area contributed by atoms with Gasteiger partial charge < -0.3 is 9.84 Å². The van der Waals surface area contributed by atoms with Gasteiger partial charge in [0.1, 0.15) is 18.4 Å². The molecular weight excluding hydrogens is 364 g/mol. The maximum atomic E-state index is 12.5. The van der Waals surface area contributed by atoms with Crippen LogP contribution in [0.25, 0.3) is 0 Å². The number of aryl methyl sites for hydroxylation is 2. The summed E-state index contributed by atoms with van der Waals surface area (Å²) in [6, 6.07) is 0. The molecule has 3 aromatic rings. The third-order valence-corrected chi connectivity index (χ3v) is 5.94. The van der Waals surface area contributed by atoms with Crippen molar-refractivity contribution in [2.24, 2.45) is 0 Å². The van der Waals surface area contributed by atoms with Crippen molar-refractivity contribution < 1.29 is 9.32 Å². The van der Waals surface area contributed by atoms with Crippen LogP contribution in [-0.2, 0) is 26.1 Å². The molecule has 9 heteroatoms. The Kier molecular flexibility index (Phi) is 5.04. The predicted molar refractivity (Wildman–Crippen MR) is 100 cm³/mol. The quantitative estimate of drug-likeness (QED) is 0.696. The molecule has 0 radical (unpaired) electrons. The van der Waals surface area contributed by atoms with Gasteiger partial charge in [-0.15, -0.1) is 11.3 Å². The van der Waals surface area contributed by atoms with Gasteiger partial charge >= 0.3 is 0 Å². The summed E-state index contributed by atoms with van der Waals surface area (Å²) in [4.78, 5) is 20.1. The van der Waals surface area contributed by atoms with Gasteiger partial charge in [0.25, 0.3) is 5.91 Å². The molecule has 0 saturated carbocycles. The van der Waals surface area contributed by atoms with E-state index >= 15 is 0 Å². The number of rotatable bonds is 6. The molecule has 3 aromatic heterocycles. The molecule has 0 unspecified atom stereocenters. The van der Waals surface area contributed by atoms with E-state index in [0.29, 0.717) is 13.1 Å². The molecule has 0 spiro atoms. The lowest BCUT2D eigenvalue weighted by Crippen LogP contribution is -2.32. The van der Waals surface area contributed by atoms with Crippen molar-refractivity contribution in [3.05, 3.63) is 51.1 Å². The summed E-state index contributed by atoms with van der Waals surface area (Å²) < 4.78 is 6.97. The van der Waals surface area contributed by atoms with E-state index in [-0.39, 0.29) is 5.91 Å². The Balaban J connectivity index is 1.37. The maximum Gasteiger partial charge on any atom is 0.252 e. The van der Waals surface area contributed by atoms with Crippen LogP contribution in [-0.4, -0.2) is 43.8 Å². The average Bonchev–Trinajstić information content (AvgIpc) is 3.38. The molecule has 8 nitrogen and oxygen atoms in total. The third kappa shape index (κ3) is 3.79. The van der Waals surface area contributed by atoms with Gasteiger partial charge in [0.05, 0.1) is 17.8 Å². The molecule has 0 aromatic carbocycles. The van der Waals surface area contributed by atoms with Crippen molar-refractivity contribution in [2.75, 3.05) is 13.1 Å². The van der Waals surface area contributed by atoms with Gasteiger partial charge in [-0.2, -0.15) is 5.10 Å². The van der Waals surface area contributed by atoms with Gasteiger partial charge in [-0.1, -0.05) is 5.16 Å². The number of thiophene rings is 1. The Morgan fingerprint density at radius 2 is 2.30 bits per heavy atom. The van der Waals surface area contributed by atoms with E-state index in [1.807, 2.05) is 19.2 Å². The van der Waals surface area contributed by atoms with Crippen LogP contribution >= 0.6 is 11.3 Å². The highest BCUT2D eigenvalue weighted by Gasteiger charge is 2.25. The van der Waals surface area contributed by atoms with Gasteiger partial charge in [-0.3, -0.25) is 14.4 Å². The lowest BCUT2D eigenvalue weighted by atomic mass is 10.0. The van der Waals surface area contributed by atoms with E-state index in [4.69, 9.17) is 4.52 Å². The Hall–Kier alpha value is -2.52. The maximum absolute atomic E-state index is 12.5. The second-order valence-electron chi connectivity index (χ2n) is 6.73. The summed E-state index contributed by atoms with van der Waals surface area (Å²) in [5, 5.41) is 13.0. The van der Waals surface area contributed by atoms with Crippen molar-refractivity contribution in [3.8, 4) is 0 Å². The molecular formula is C18H22N6O2S. The predicted octanol–water partition coefficient (Wildman–Crippen LogP) is 1.93. The van der Waals surface area contributed by atoms with E-state index in [1.54, 1.807) is 22.3 Å². The van der Waals surface area contributed by atoms with Crippen LogP contribution in [0.3, 0.4) is 0 Å². The van der Waals surface area contributed by atoms with Crippen LogP contribution in [0.15, 0.2) is 22.6 Å². The number of hydrogen-bond donors (Lipinski definition) is 1. The van der Waals surface area contributed by atoms with E-state index in [1.165, 1.54) is 22.3 Å². The molecule has 0 aliphatic carbocycles. The van der Waals surface area contributed by atoms with Gasteiger partial charge in [0, 0.05) is 42.0 Å². The van der Waals surface area contributed by atoms with E-state index in [2.05, 4.69) is 25.5 Å². The van der Waals surface area contributed by atoms with Crippen molar-refractivity contribution >= 4 is 17.2 Å². The minimum absolute atomic E-state index is 0.00760. The fourth-order valence-corrected chi connectivity index (χ4v) is 4.51. The van der Waals surface area contributed by atoms with Crippen LogP contribution in [0, 0.1) is 13.8 Å². The van der Waals surface area contributed by atoms with E-state index in [0.717, 1.165) is 43.1 Å². The summed E-state index contributed by atoms with van der Waals surface area (Å²) in [6.07, 6.45) is 4.02. The smallest absolute Gasteiger partial charge is 0.252 e. The minimum atomic E-state index is -0.00760. The zero-order valence-corrected chi connectivity index (χ0v) is 16.3. The molecule has 27 heavy (non-hydrogen) atoms. The lowest BCUT2D eigenvalue weighted by Gasteiger charge is -2.27. The standard InChI is InChI=1S/C18H22N6O2S/c1-12-15(13(2)26-22-12)7-23-5-3-14-16(9-27-17(14)8-23)18(25)20-4-6-24-11-19-10-21-24/h9-11H,3-8H2,1-2H3,(H,20,25). The lowest BCUT2D eigenvalue weighted by molar-refractivity contribution is 0.0950. The SMILES string of the molecule is Cc1noc(C)c1CN1CCc2c(C(=O)NCCn3cncn3)csc2C1. The van der Waals surface area contributed by atoms with Crippen molar-refractivity contribution in [1.29, 1.82) is 0 Å². The van der Waals surface area contributed by atoms with Crippen molar-refractivity contribution in [2.45, 2.75) is 39.9 Å². The fraction of sp³-hybridized carbons (Fsp3) is 0.444. The first-order valence-electron chi connectivity index (χ1n) is 8.95. The van der Waals surface area contributed by atoms with Crippen LogP contribution < -0.4 is 5.32 Å². The highest BCUT2D eigenvalue weighted by Crippen LogP contribution is 2.30. The molecule has 1 aliphatic heterocycles. The largest absolute Gasteiger partial charge is 0.361 e. The number of hydrogen-bond acceptors (Lipinski definition) is 7. The molecule has 4 heterocycles. The molecule has 1 amide bonds. The number of carbonyl (C=O) groups is 1. The minimum Gasteiger partial charge on any atom is -0.361 e. The molecule has 0 bridgehead atoms. The number of aromatic nitrogens is 4. The Bertz CT molecular complexity index is 910. The first kappa shape index (κ1) is 17.9. The number of amides is 1. The number of nitrogens with zero attached hydrogens (tertiary/aromatic N) is 5. The van der Waals surface area contributed by atoms with Crippen molar-refractivity contribution in [1.82, 2.24) is 30.1 Å². The normalized spacial score (nSPS) is 14.3. The summed E-state index contributed by atoms with van der Waals surface area (Å²) >= 11 is 1.67. The molecule has 0 saturated heterocycles. The highest BCUT2D eigenvalue weighted by molar-refractivity contribution is 7.10. The van der Waals surface area contributed by atoms with E-state index in [9.17, 15) is 4.79 Å². The van der Waals surface area contributed by atoms with Gasteiger partial charge in [0.2, 0.25) is 0 Å². The molecule has 1 N–H and O–H groups in total. The Morgan fingerprint density at radius 3 is 3.04 bits per heavy atom. The first-order valence-corrected chi connectivity index (χ1v) is 9.83. The van der Waals surface area contributed by atoms with Crippen LogP contribution in [0.4, 0.5) is 0 Å². The van der Waals surface area contributed by atoms with E-state index < -0.39 is 0 Å². The summed E-state index contributed by atoms with van der Waals surface area (Å²) in [7, 11) is 0. The zero-order valence-electron chi connectivity index (χ0n) is 15.4. The number of nitrogens with one attached hydrogen (secondary N) is 1. The molecule has 1 aliphatic rings. The highest BCUT2D eigenvalue weighted by atomic mass is 32.1. The summed E-state index contributed by atoms with van der Waals surface area (Å²) in [5.74, 6) is 0.878. The van der Waals surface area contributed by atoms with Gasteiger partial charge in [-0.25, -0.2) is 4.98 Å². The molecule has 4 rings (SSSR count). The van der Waals surface area contributed by atoms with Crippen LogP contribution in [0.2, 0.25) is 0 Å². The van der Waals surface area contributed by atoms with Crippen LogP contribution in [0.5, 0.6) is 0 Å². The fourth-order valence-electron chi connectivity index (χ4n) is 3.39. The second kappa shape index (κ2) is 7.61. The Labute approximate surface area is 161 Å². The molecule has 0 atom stereocenters. The molecule has 142 valence electrons. The van der Waals surface area contributed by atoms with Crippen molar-refractivity contribution in [3.63, 3.8) is 0 Å². The second-order valence-corrected chi connectivity index (χ2v) is 7.69. The Morgan fingerprint density at radius 1 is 1.41 bits per heavy atom. The summed E-state index contributed by atoms with van der Waals surface area (Å²) in [5.41, 5.74) is 4.12. The first-order chi connectivity index (χ1) is 13.1. The topological polar surface area (TPSA) is 89.1 Å². The monoisotopic (exact) mass is 386 g/mol. The number of fused-ring (bicyclic) bond motifs is 1. The molecule has 0 fully saturated rings.